The summed E-state index contributed by atoms with van der Waals surface area (Å²) in [5.41, 5.74) is 7.36. The standard InChI is InChI=1S/C19H24ClN4O6PS/c1-12(24(11-25)10-15-9-22-13(2)23-18(15)21)17(6-7-30-31(27,28)29)32-19(26)14-4-3-5-16(20)8-14/h3-5,8-9,11,26,32H,6-7,10H2,1-2H3,(H2,21,22,23)(H2,27,28,29)/b17-12-. The number of rotatable bonds is 10. The average molecular weight is 503 g/mol. The van der Waals surface area contributed by atoms with Gasteiger partial charge in [0.05, 0.1) is 13.2 Å². The lowest BCUT2D eigenvalue weighted by molar-refractivity contribution is -0.116. The summed E-state index contributed by atoms with van der Waals surface area (Å²) in [5.74, 6) is 0.723. The van der Waals surface area contributed by atoms with Crippen molar-refractivity contribution < 1.29 is 28.8 Å². The number of hydrogen-bond acceptors (Lipinski definition) is 6. The maximum atomic E-state index is 11.8. The number of nitrogen functional groups attached to an aromatic ring is 1. The second kappa shape index (κ2) is 11.7. The Kier molecular flexibility index (Phi) is 9.53. The Balaban J connectivity index is 2.41. The highest BCUT2D eigenvalue weighted by Crippen LogP contribution is 2.36. The van der Waals surface area contributed by atoms with Gasteiger partial charge in [-0.1, -0.05) is 23.7 Å². The number of carbonyl (C=O) groups is 1. The van der Waals surface area contributed by atoms with E-state index in [-0.39, 0.29) is 30.4 Å². The van der Waals surface area contributed by atoms with Gasteiger partial charge in [0.15, 0.2) is 0 Å². The van der Waals surface area contributed by atoms with Crippen molar-refractivity contribution in [1.29, 1.82) is 0 Å². The van der Waals surface area contributed by atoms with E-state index < -0.39 is 7.82 Å². The van der Waals surface area contributed by atoms with E-state index >= 15 is 0 Å². The van der Waals surface area contributed by atoms with E-state index in [0.717, 1.165) is 0 Å². The first kappa shape index (κ1) is 26.1. The van der Waals surface area contributed by atoms with Gasteiger partial charge >= 0.3 is 7.82 Å². The smallest absolute Gasteiger partial charge is 0.383 e. The Bertz CT molecular complexity index is 1090. The number of benzene rings is 1. The molecule has 0 aliphatic heterocycles. The molecular formula is C19H24ClN4O6PS. The lowest BCUT2D eigenvalue weighted by atomic mass is 10.2. The number of aromatic nitrogens is 2. The van der Waals surface area contributed by atoms with Gasteiger partial charge in [-0.3, -0.25) is 9.32 Å². The number of hydrogen-bond donors (Lipinski definition) is 5. The summed E-state index contributed by atoms with van der Waals surface area (Å²) in [4.78, 5) is 39.8. The molecule has 0 spiro atoms. The molecule has 1 aromatic heterocycles. The Morgan fingerprint density at radius 1 is 1.41 bits per heavy atom. The number of aliphatic hydroxyl groups excluding tert-OH is 1. The molecule has 0 aliphatic carbocycles. The van der Waals surface area contributed by atoms with Crippen LogP contribution in [0.5, 0.6) is 0 Å². The molecule has 13 heteroatoms. The fourth-order valence-electron chi connectivity index (χ4n) is 2.62. The third-order valence-corrected chi connectivity index (χ3v) is 6.30. The molecule has 174 valence electrons. The van der Waals surface area contributed by atoms with Crippen LogP contribution in [0.2, 0.25) is 5.02 Å². The molecule has 5 N–H and O–H groups in total. The average Bonchev–Trinajstić information content (AvgIpc) is 2.71. The molecule has 0 fully saturated rings. The first-order valence-corrected chi connectivity index (χ1v) is 12.0. The summed E-state index contributed by atoms with van der Waals surface area (Å²) in [6, 6.07) is 6.57. The molecule has 10 nitrogen and oxygen atoms in total. The Labute approximate surface area is 193 Å². The van der Waals surface area contributed by atoms with Crippen LogP contribution in [-0.2, 0) is 20.4 Å². The van der Waals surface area contributed by atoms with Crippen molar-refractivity contribution in [3.8, 4) is 0 Å². The number of halogens is 1. The second-order valence-electron chi connectivity index (χ2n) is 6.61. The lowest BCUT2D eigenvalue weighted by Crippen LogP contribution is -2.22. The predicted molar refractivity (Wildman–Crippen MR) is 125 cm³/mol. The van der Waals surface area contributed by atoms with E-state index in [9.17, 15) is 14.5 Å². The highest BCUT2D eigenvalue weighted by atomic mass is 35.5. The fraction of sp³-hybridized carbons (Fsp3) is 0.263. The summed E-state index contributed by atoms with van der Waals surface area (Å²) in [6.45, 7) is 3.08. The van der Waals surface area contributed by atoms with Gasteiger partial charge in [0, 0.05) is 39.4 Å². The first-order valence-electron chi connectivity index (χ1n) is 9.23. The number of allylic oxidation sites excluding steroid dienone is 1. The maximum absolute atomic E-state index is 11.8. The van der Waals surface area contributed by atoms with Crippen molar-refractivity contribution >= 4 is 48.1 Å². The molecule has 2 rings (SSSR count). The summed E-state index contributed by atoms with van der Waals surface area (Å²) in [5, 5.41) is 11.0. The summed E-state index contributed by atoms with van der Waals surface area (Å²) in [6.07, 6.45) is 2.14. The number of aliphatic hydroxyl groups is 1. The van der Waals surface area contributed by atoms with Crippen LogP contribution in [0.25, 0.3) is 0 Å². The maximum Gasteiger partial charge on any atom is 0.469 e. The zero-order chi connectivity index (χ0) is 23.9. The van der Waals surface area contributed by atoms with Gasteiger partial charge in [-0.15, -0.1) is 11.4 Å². The normalized spacial score (nSPS) is 13.2. The van der Waals surface area contributed by atoms with Crippen LogP contribution >= 0.6 is 30.8 Å². The quantitative estimate of drug-likeness (QED) is 0.142. The van der Waals surface area contributed by atoms with Gasteiger partial charge in [-0.2, -0.15) is 0 Å². The number of phosphoric ester groups is 1. The molecule has 0 atom stereocenters. The molecule has 2 aromatic rings. The van der Waals surface area contributed by atoms with Crippen LogP contribution in [0.3, 0.4) is 0 Å². The van der Waals surface area contributed by atoms with Crippen molar-refractivity contribution in [1.82, 2.24) is 14.9 Å². The first-order chi connectivity index (χ1) is 15.0. The molecular weight excluding hydrogens is 479 g/mol. The largest absolute Gasteiger partial charge is 0.469 e. The van der Waals surface area contributed by atoms with Gasteiger partial charge in [0.25, 0.3) is 0 Å². The number of phosphoric acid groups is 1. The van der Waals surface area contributed by atoms with Crippen LogP contribution in [-0.4, -0.2) is 47.8 Å². The zero-order valence-electron chi connectivity index (χ0n) is 17.3. The van der Waals surface area contributed by atoms with Crippen LogP contribution < -0.4 is 5.73 Å². The van der Waals surface area contributed by atoms with Crippen LogP contribution in [0, 0.1) is 6.92 Å². The number of nitrogens with two attached hydrogens (primary N) is 1. The van der Waals surface area contributed by atoms with Crippen LogP contribution in [0.15, 0.2) is 41.1 Å². The molecule has 0 aliphatic rings. The molecule has 1 heterocycles. The SMILES string of the molecule is C/C(=C(CCOP(=O)(O)O)/[SH]=C(\O)c1cccc(Cl)c1)N(C=O)Cc1cnc(C)nc1N. The molecule has 0 bridgehead atoms. The van der Waals surface area contributed by atoms with Crippen LogP contribution in [0.1, 0.15) is 30.3 Å². The lowest BCUT2D eigenvalue weighted by Gasteiger charge is -2.22. The molecule has 0 saturated heterocycles. The van der Waals surface area contributed by atoms with Gasteiger partial charge in [0.2, 0.25) is 6.41 Å². The minimum Gasteiger partial charge on any atom is -0.383 e. The van der Waals surface area contributed by atoms with E-state index in [1.54, 1.807) is 38.1 Å². The number of aryl methyl sites for hydroxylation is 1. The van der Waals surface area contributed by atoms with E-state index in [0.29, 0.717) is 50.3 Å². The van der Waals surface area contributed by atoms with Gasteiger partial charge < -0.3 is 25.5 Å². The summed E-state index contributed by atoms with van der Waals surface area (Å²) >= 11 is 6.29. The van der Waals surface area contributed by atoms with Crippen molar-refractivity contribution in [2.75, 3.05) is 12.3 Å². The third kappa shape index (κ3) is 8.10. The van der Waals surface area contributed by atoms with Gasteiger partial charge in [-0.05, 0) is 26.0 Å². The highest BCUT2D eigenvalue weighted by Gasteiger charge is 2.17. The van der Waals surface area contributed by atoms with E-state index in [2.05, 4.69) is 14.5 Å². The van der Waals surface area contributed by atoms with Gasteiger partial charge in [0.1, 0.15) is 16.7 Å². The minimum atomic E-state index is -4.68. The number of carbonyl (C=O) groups excluding carboxylic acids is 1. The highest BCUT2D eigenvalue weighted by molar-refractivity contribution is 8.02. The summed E-state index contributed by atoms with van der Waals surface area (Å²) in [7, 11) is -4.68. The minimum absolute atomic E-state index is 0.0351. The molecule has 1 aromatic carbocycles. The number of amides is 1. The third-order valence-electron chi connectivity index (χ3n) is 4.26. The molecule has 0 radical (unpaired) electrons. The fourth-order valence-corrected chi connectivity index (χ4v) is 4.15. The van der Waals surface area contributed by atoms with Crippen LogP contribution in [0.4, 0.5) is 5.82 Å². The van der Waals surface area contributed by atoms with Crippen molar-refractivity contribution in [2.24, 2.45) is 0 Å². The molecule has 0 saturated carbocycles. The molecule has 1 amide bonds. The van der Waals surface area contributed by atoms with E-state index in [1.165, 1.54) is 11.1 Å². The Morgan fingerprint density at radius 3 is 2.72 bits per heavy atom. The van der Waals surface area contributed by atoms with Gasteiger partial charge in [-0.25, -0.2) is 14.5 Å². The van der Waals surface area contributed by atoms with E-state index in [4.69, 9.17) is 27.1 Å². The van der Waals surface area contributed by atoms with Crippen molar-refractivity contribution in [3.05, 3.63) is 63.0 Å². The Morgan fingerprint density at radius 2 is 2.12 bits per heavy atom. The zero-order valence-corrected chi connectivity index (χ0v) is 19.9. The topological polar surface area (TPSA) is 159 Å². The monoisotopic (exact) mass is 502 g/mol. The summed E-state index contributed by atoms with van der Waals surface area (Å²) < 4.78 is 15.6. The van der Waals surface area contributed by atoms with Crippen molar-refractivity contribution in [3.63, 3.8) is 0 Å². The number of nitrogens with zero attached hydrogens (tertiary/aromatic N) is 3. The van der Waals surface area contributed by atoms with Crippen molar-refractivity contribution in [2.45, 2.75) is 26.8 Å². The predicted octanol–water partition coefficient (Wildman–Crippen LogP) is 2.91. The van der Waals surface area contributed by atoms with E-state index in [1.807, 2.05) is 0 Å². The Hall–Kier alpha value is -2.11. The molecule has 32 heavy (non-hydrogen) atoms. The molecule has 0 unspecified atom stereocenters. The number of thiol groups is 1. The number of anilines is 1. The second-order valence-corrected chi connectivity index (χ2v) is 9.48.